The van der Waals surface area contributed by atoms with Crippen molar-refractivity contribution in [2.75, 3.05) is 26.2 Å². The van der Waals surface area contributed by atoms with Gasteiger partial charge in [0.25, 0.3) is 0 Å². The molecular weight excluding hydrogens is 218 g/mol. The average Bonchev–Trinajstić information content (AvgIpc) is 2.92. The molecule has 4 heteroatoms. The van der Waals surface area contributed by atoms with E-state index in [9.17, 15) is 0 Å². The number of rotatable bonds is 4. The highest BCUT2D eigenvalue weighted by Crippen LogP contribution is 2.26. The fraction of sp³-hybridized carbons (Fsp3) is 0.750. The van der Waals surface area contributed by atoms with Crippen molar-refractivity contribution < 1.29 is 0 Å². The number of thiazole rings is 1. The van der Waals surface area contributed by atoms with Crippen LogP contribution in [0.25, 0.3) is 0 Å². The van der Waals surface area contributed by atoms with E-state index in [4.69, 9.17) is 0 Å². The summed E-state index contributed by atoms with van der Waals surface area (Å²) in [7, 11) is 0. The van der Waals surface area contributed by atoms with E-state index in [-0.39, 0.29) is 0 Å². The van der Waals surface area contributed by atoms with Crippen LogP contribution in [0.15, 0.2) is 11.6 Å². The van der Waals surface area contributed by atoms with E-state index in [1.165, 1.54) is 37.5 Å². The molecule has 2 bridgehead atoms. The highest BCUT2D eigenvalue weighted by Gasteiger charge is 2.33. The smallest absolute Gasteiger partial charge is 0.0937 e. The Morgan fingerprint density at radius 2 is 2.38 bits per heavy atom. The van der Waals surface area contributed by atoms with Crippen LogP contribution in [0.5, 0.6) is 0 Å². The minimum atomic E-state index is 0.763. The van der Waals surface area contributed by atoms with Gasteiger partial charge in [-0.1, -0.05) is 0 Å². The Kier molecular flexibility index (Phi) is 3.22. The second-order valence-corrected chi connectivity index (χ2v) is 5.85. The van der Waals surface area contributed by atoms with E-state index >= 15 is 0 Å². The van der Waals surface area contributed by atoms with Crippen LogP contribution in [0.1, 0.15) is 17.8 Å². The minimum absolute atomic E-state index is 0.763. The Morgan fingerprint density at radius 1 is 1.44 bits per heavy atom. The molecule has 2 aliphatic heterocycles. The largest absolute Gasteiger partial charge is 0.313 e. The van der Waals surface area contributed by atoms with Crippen molar-refractivity contribution in [3.8, 4) is 0 Å². The number of piperidine rings is 1. The third-order valence-electron chi connectivity index (χ3n) is 3.86. The summed E-state index contributed by atoms with van der Waals surface area (Å²) >= 11 is 1.76. The molecule has 3 atom stereocenters. The normalized spacial score (nSPS) is 33.1. The molecule has 0 aromatic carbocycles. The number of nitrogens with zero attached hydrogens (tertiary/aromatic N) is 2. The highest BCUT2D eigenvalue weighted by molar-refractivity contribution is 7.09. The van der Waals surface area contributed by atoms with Gasteiger partial charge in [0.2, 0.25) is 0 Å². The summed E-state index contributed by atoms with van der Waals surface area (Å²) in [5.74, 6) is 0.907. The van der Waals surface area contributed by atoms with Gasteiger partial charge in [0.15, 0.2) is 0 Å². The van der Waals surface area contributed by atoms with Crippen LogP contribution < -0.4 is 5.32 Å². The van der Waals surface area contributed by atoms with Crippen molar-refractivity contribution in [2.24, 2.45) is 5.92 Å². The summed E-state index contributed by atoms with van der Waals surface area (Å²) in [6.45, 7) is 5.05. The molecule has 3 rings (SSSR count). The van der Waals surface area contributed by atoms with Gasteiger partial charge in [-0.25, -0.2) is 4.98 Å². The predicted molar refractivity (Wildman–Crippen MR) is 66.8 cm³/mol. The summed E-state index contributed by atoms with van der Waals surface area (Å²) in [4.78, 5) is 6.92. The first-order valence-corrected chi connectivity index (χ1v) is 7.14. The second-order valence-electron chi connectivity index (χ2n) is 4.87. The van der Waals surface area contributed by atoms with Crippen molar-refractivity contribution in [3.05, 3.63) is 16.6 Å². The maximum absolute atomic E-state index is 4.32. The molecule has 3 unspecified atom stereocenters. The van der Waals surface area contributed by atoms with Crippen molar-refractivity contribution in [2.45, 2.75) is 25.3 Å². The molecule has 1 aromatic rings. The van der Waals surface area contributed by atoms with Gasteiger partial charge in [-0.15, -0.1) is 11.3 Å². The number of aromatic nitrogens is 1. The third-order valence-corrected chi connectivity index (χ3v) is 4.70. The van der Waals surface area contributed by atoms with Gasteiger partial charge in [0.1, 0.15) is 0 Å². The molecular formula is C12H19N3S. The summed E-state index contributed by atoms with van der Waals surface area (Å²) in [5.41, 5.74) is 0. The topological polar surface area (TPSA) is 28.2 Å². The number of fused-ring (bicyclic) bond motifs is 2. The Bertz CT molecular complexity index is 325. The van der Waals surface area contributed by atoms with E-state index < -0.39 is 0 Å². The Labute approximate surface area is 101 Å². The molecule has 3 heterocycles. The van der Waals surface area contributed by atoms with Crippen LogP contribution in [0.3, 0.4) is 0 Å². The molecule has 0 saturated carbocycles. The predicted octanol–water partition coefficient (Wildman–Crippen LogP) is 1.37. The zero-order valence-corrected chi connectivity index (χ0v) is 10.4. The van der Waals surface area contributed by atoms with Crippen LogP contribution in [0.2, 0.25) is 0 Å². The SMILES string of the molecule is c1csc(CCNC2CCN3CCC2C3)n1. The quantitative estimate of drug-likeness (QED) is 0.857. The lowest BCUT2D eigenvalue weighted by molar-refractivity contribution is 0.222. The van der Waals surface area contributed by atoms with E-state index in [2.05, 4.69) is 20.6 Å². The lowest BCUT2D eigenvalue weighted by atomic mass is 9.94. The van der Waals surface area contributed by atoms with Gasteiger partial charge in [-0.2, -0.15) is 0 Å². The number of nitrogens with one attached hydrogen (secondary N) is 1. The van der Waals surface area contributed by atoms with Gasteiger partial charge in [0.05, 0.1) is 5.01 Å². The first kappa shape index (κ1) is 10.7. The van der Waals surface area contributed by atoms with Gasteiger partial charge in [-0.05, 0) is 31.8 Å². The van der Waals surface area contributed by atoms with Gasteiger partial charge in [0, 0.05) is 37.1 Å². The van der Waals surface area contributed by atoms with Crippen LogP contribution in [0, 0.1) is 5.92 Å². The standard InChI is InChI=1S/C12H19N3S/c1(12-14-5-8-16-12)4-13-11-3-7-15-6-2-10(11)9-15/h5,8,10-11,13H,1-4,6-7,9H2. The van der Waals surface area contributed by atoms with Crippen LogP contribution in [0.4, 0.5) is 0 Å². The van der Waals surface area contributed by atoms with E-state index in [1.807, 2.05) is 6.20 Å². The van der Waals surface area contributed by atoms with E-state index in [0.29, 0.717) is 0 Å². The first-order valence-electron chi connectivity index (χ1n) is 6.26. The van der Waals surface area contributed by atoms with Crippen LogP contribution in [-0.4, -0.2) is 42.1 Å². The van der Waals surface area contributed by atoms with Crippen molar-refractivity contribution in [1.29, 1.82) is 0 Å². The Balaban J connectivity index is 1.45. The van der Waals surface area contributed by atoms with Gasteiger partial charge in [-0.3, -0.25) is 0 Å². The molecule has 88 valence electrons. The molecule has 2 fully saturated rings. The average molecular weight is 237 g/mol. The highest BCUT2D eigenvalue weighted by atomic mass is 32.1. The summed E-state index contributed by atoms with van der Waals surface area (Å²) < 4.78 is 0. The fourth-order valence-electron chi connectivity index (χ4n) is 2.96. The molecule has 1 aromatic heterocycles. The minimum Gasteiger partial charge on any atom is -0.313 e. The molecule has 16 heavy (non-hydrogen) atoms. The first-order chi connectivity index (χ1) is 7.92. The molecule has 3 nitrogen and oxygen atoms in total. The lowest BCUT2D eigenvalue weighted by Gasteiger charge is -2.31. The number of hydrogen-bond donors (Lipinski definition) is 1. The maximum atomic E-state index is 4.32. The van der Waals surface area contributed by atoms with E-state index in [1.54, 1.807) is 11.3 Å². The molecule has 0 aliphatic carbocycles. The fourth-order valence-corrected chi connectivity index (χ4v) is 3.58. The summed E-state index contributed by atoms with van der Waals surface area (Å²) in [5, 5.41) is 7.05. The molecule has 2 saturated heterocycles. The van der Waals surface area contributed by atoms with Crippen molar-refractivity contribution in [1.82, 2.24) is 15.2 Å². The van der Waals surface area contributed by atoms with Crippen LogP contribution >= 0.6 is 11.3 Å². The maximum Gasteiger partial charge on any atom is 0.0937 e. The molecule has 0 amide bonds. The zero-order valence-electron chi connectivity index (χ0n) is 9.56. The zero-order chi connectivity index (χ0) is 10.8. The lowest BCUT2D eigenvalue weighted by Crippen LogP contribution is -2.44. The molecule has 0 radical (unpaired) electrons. The van der Waals surface area contributed by atoms with Gasteiger partial charge < -0.3 is 10.2 Å². The monoisotopic (exact) mass is 237 g/mol. The summed E-state index contributed by atoms with van der Waals surface area (Å²) in [6, 6.07) is 0.763. The van der Waals surface area contributed by atoms with E-state index in [0.717, 1.165) is 24.9 Å². The summed E-state index contributed by atoms with van der Waals surface area (Å²) in [6.07, 6.45) is 5.72. The molecule has 0 spiro atoms. The van der Waals surface area contributed by atoms with Crippen LogP contribution in [-0.2, 0) is 6.42 Å². The van der Waals surface area contributed by atoms with Crippen molar-refractivity contribution in [3.63, 3.8) is 0 Å². The Hall–Kier alpha value is -0.450. The number of hydrogen-bond acceptors (Lipinski definition) is 4. The molecule has 1 N–H and O–H groups in total. The van der Waals surface area contributed by atoms with Crippen molar-refractivity contribution >= 4 is 11.3 Å². The Morgan fingerprint density at radius 3 is 3.25 bits per heavy atom. The molecule has 2 aliphatic rings. The second kappa shape index (κ2) is 4.82. The van der Waals surface area contributed by atoms with Gasteiger partial charge >= 0.3 is 0 Å². The third kappa shape index (κ3) is 2.29.